The molecule has 3 nitrogen and oxygen atoms in total. The molecule has 1 aromatic heterocycles. The first-order valence-electron chi connectivity index (χ1n) is 42.1. The average Bonchev–Trinajstić information content (AvgIpc) is 0.730. The summed E-state index contributed by atoms with van der Waals surface area (Å²) in [5.41, 5.74) is 28.0. The summed E-state index contributed by atoms with van der Waals surface area (Å²) in [6.07, 6.45) is 0. The largest absolute Gasteiger partial charge is 0.310 e. The van der Waals surface area contributed by atoms with Gasteiger partial charge in [-0.25, -0.2) is 0 Å². The SMILES string of the molecule is [2H]c1c([2H])c([2H])c2c(c1[2H])c1c([2H])c([2H])c([2H])c([2H])c1n2-c1ccc2c(c1)N(c1c(-c3cccc(-c4ccccc4)c3)cc(C(C)(C)C)cc1-c1cccc(C(C)(C)C)c1)c1cc(C(C)(C)C)cc3c1B2c1cc(-c2ccccc2)ccc1N3c1c(-c2cccc(-c3ccccc3)c2)cc(C(C)(C)C)cc1-c1cccc(C(C)(C)C)c1. The van der Waals surface area contributed by atoms with Crippen molar-refractivity contribution in [3.63, 3.8) is 0 Å². The van der Waals surface area contributed by atoms with Gasteiger partial charge in [-0.3, -0.25) is 0 Å². The van der Waals surface area contributed by atoms with Crippen LogP contribution >= 0.6 is 0 Å². The van der Waals surface area contributed by atoms with E-state index >= 15 is 0 Å². The van der Waals surface area contributed by atoms with Gasteiger partial charge in [0.1, 0.15) is 0 Å². The quantitative estimate of drug-likeness (QED) is 0.126. The van der Waals surface area contributed by atoms with Gasteiger partial charge in [-0.15, -0.1) is 0 Å². The Hall–Kier alpha value is -11.5. The zero-order valence-corrected chi connectivity index (χ0v) is 64.7. The molecule has 0 saturated heterocycles. The van der Waals surface area contributed by atoms with E-state index in [9.17, 15) is 11.0 Å². The van der Waals surface area contributed by atoms with Gasteiger partial charge in [0.2, 0.25) is 0 Å². The van der Waals surface area contributed by atoms with E-state index in [-0.39, 0.29) is 55.6 Å². The summed E-state index contributed by atoms with van der Waals surface area (Å²) in [5, 5.41) is 0.0235. The highest BCUT2D eigenvalue weighted by molar-refractivity contribution is 7.00. The lowest BCUT2D eigenvalue weighted by molar-refractivity contribution is 0.589. The monoisotopic (exact) mass is 1410 g/mol. The molecule has 0 amide bonds. The van der Waals surface area contributed by atoms with Gasteiger partial charge in [0.15, 0.2) is 0 Å². The van der Waals surface area contributed by atoms with Crippen LogP contribution in [0.3, 0.4) is 0 Å². The van der Waals surface area contributed by atoms with Crippen LogP contribution in [-0.4, -0.2) is 11.3 Å². The van der Waals surface area contributed by atoms with Crippen LogP contribution in [0.15, 0.2) is 309 Å². The second kappa shape index (κ2) is 26.2. The van der Waals surface area contributed by atoms with Crippen molar-refractivity contribution < 1.29 is 11.0 Å². The van der Waals surface area contributed by atoms with E-state index < -0.39 is 48.4 Å². The molecule has 2 aliphatic heterocycles. The smallest absolute Gasteiger partial charge is 0.252 e. The molecule has 0 spiro atoms. The zero-order valence-electron chi connectivity index (χ0n) is 72.7. The minimum Gasteiger partial charge on any atom is -0.310 e. The predicted molar refractivity (Wildman–Crippen MR) is 466 cm³/mol. The number of hydrogen-bond donors (Lipinski definition) is 0. The van der Waals surface area contributed by atoms with Crippen LogP contribution in [0.4, 0.5) is 34.1 Å². The van der Waals surface area contributed by atoms with E-state index in [1.165, 1.54) is 11.1 Å². The molecule has 4 heteroatoms. The van der Waals surface area contributed by atoms with Crippen molar-refractivity contribution in [1.82, 2.24) is 4.57 Å². The molecule has 17 rings (SSSR count). The molecule has 0 radical (unpaired) electrons. The van der Waals surface area contributed by atoms with Crippen LogP contribution in [0.1, 0.15) is 143 Å². The molecule has 108 heavy (non-hydrogen) atoms. The summed E-state index contributed by atoms with van der Waals surface area (Å²) >= 11 is 0. The summed E-state index contributed by atoms with van der Waals surface area (Å²) < 4.78 is 78.2. The van der Waals surface area contributed by atoms with Crippen molar-refractivity contribution in [3.8, 4) is 83.6 Å². The molecule has 0 saturated carbocycles. The maximum atomic E-state index is 9.98. The molecule has 0 N–H and O–H groups in total. The summed E-state index contributed by atoms with van der Waals surface area (Å²) in [4.78, 5) is 5.14. The Morgan fingerprint density at radius 3 is 1.03 bits per heavy atom. The molecule has 0 atom stereocenters. The fraction of sp³-hybridized carbons (Fsp3) is 0.192. The number of rotatable bonds is 10. The van der Waals surface area contributed by atoms with Crippen LogP contribution in [0, 0.1) is 0 Å². The standard InChI is InChI=1S/C104H96BN3/c1-100(2,3)77-45-31-43-75(57-77)87-62-79(102(7,8)9)60-85(73-41-29-39-70(55-73)67-33-19-16-20-34-67)98(87)107-93-54-51-72(69-37-23-18-24-38-69)59-90(93)105-89-53-52-82(106-91-49-27-25-47-83(91)84-48-26-28-50-92(84)106)66-94(89)108(96-65-81(104(13,14)15)64-95(107)97(96)105)99-86(74-42-30-40-71(56-74)68-35-21-17-22-36-68)61-80(103(10,11)12)63-88(99)76-44-32-46-78(58-76)101(4,5)6/h16-66H,1-15H3/i25D,26D,27D,28D,47D,48D,49D,50D. The number of anilines is 6. The summed E-state index contributed by atoms with van der Waals surface area (Å²) in [5.74, 6) is 0. The molecule has 530 valence electrons. The molecular formula is C104H96BN3. The highest BCUT2D eigenvalue weighted by Crippen LogP contribution is 2.56. The lowest BCUT2D eigenvalue weighted by Gasteiger charge is -2.47. The van der Waals surface area contributed by atoms with Crippen LogP contribution < -0.4 is 26.2 Å². The van der Waals surface area contributed by atoms with Gasteiger partial charge in [-0.1, -0.05) is 334 Å². The lowest BCUT2D eigenvalue weighted by atomic mass is 9.33. The lowest BCUT2D eigenvalue weighted by Crippen LogP contribution is -2.61. The van der Waals surface area contributed by atoms with E-state index in [0.29, 0.717) is 5.69 Å². The Bertz CT molecular complexity index is 6450. The van der Waals surface area contributed by atoms with E-state index in [2.05, 4.69) is 368 Å². The number of hydrogen-bond acceptors (Lipinski definition) is 2. The molecule has 3 heterocycles. The van der Waals surface area contributed by atoms with E-state index in [0.717, 1.165) is 145 Å². The Labute approximate surface area is 652 Å². The van der Waals surface area contributed by atoms with Crippen molar-refractivity contribution in [1.29, 1.82) is 0 Å². The highest BCUT2D eigenvalue weighted by atomic mass is 15.2. The molecule has 0 bridgehead atoms. The molecule has 0 fully saturated rings. The number of aromatic nitrogens is 1. The molecule has 14 aromatic carbocycles. The summed E-state index contributed by atoms with van der Waals surface area (Å²) in [6.45, 7) is 33.9. The fourth-order valence-corrected chi connectivity index (χ4v) is 16.3. The van der Waals surface area contributed by atoms with Crippen LogP contribution in [0.25, 0.3) is 105 Å². The van der Waals surface area contributed by atoms with Gasteiger partial charge in [0.05, 0.1) is 33.4 Å². The minimum absolute atomic E-state index is 0.0117. The molecule has 2 aliphatic rings. The number of para-hydroxylation sites is 2. The van der Waals surface area contributed by atoms with Gasteiger partial charge in [0, 0.05) is 61.5 Å². The Balaban J connectivity index is 1.10. The van der Waals surface area contributed by atoms with Crippen LogP contribution in [0.2, 0.25) is 0 Å². The Morgan fingerprint density at radius 2 is 0.611 bits per heavy atom. The molecule has 0 unspecified atom stereocenters. The maximum absolute atomic E-state index is 9.98. The Kier molecular flexibility index (Phi) is 14.7. The second-order valence-electron chi connectivity index (χ2n) is 34.8. The van der Waals surface area contributed by atoms with Crippen LogP contribution in [0.5, 0.6) is 0 Å². The first kappa shape index (κ1) is 60.7. The van der Waals surface area contributed by atoms with Gasteiger partial charge in [0.25, 0.3) is 6.71 Å². The van der Waals surface area contributed by atoms with E-state index in [1.807, 2.05) is 6.07 Å². The summed E-state index contributed by atoms with van der Waals surface area (Å²) in [6, 6.07) is 92.7. The fourth-order valence-electron chi connectivity index (χ4n) is 16.3. The third kappa shape index (κ3) is 12.4. The van der Waals surface area contributed by atoms with Crippen molar-refractivity contribution >= 4 is 79.0 Å². The maximum Gasteiger partial charge on any atom is 0.252 e. The van der Waals surface area contributed by atoms with Gasteiger partial charge in [-0.2, -0.15) is 0 Å². The van der Waals surface area contributed by atoms with E-state index in [1.54, 1.807) is 4.57 Å². The number of nitrogens with zero attached hydrogens (tertiary/aromatic N) is 3. The Morgan fingerprint density at radius 1 is 0.259 bits per heavy atom. The predicted octanol–water partition coefficient (Wildman–Crippen LogP) is 27.0. The normalized spacial score (nSPS) is 14.1. The van der Waals surface area contributed by atoms with Crippen molar-refractivity contribution in [2.45, 2.75) is 131 Å². The van der Waals surface area contributed by atoms with Crippen molar-refractivity contribution in [3.05, 3.63) is 337 Å². The van der Waals surface area contributed by atoms with Crippen molar-refractivity contribution in [2.75, 3.05) is 9.80 Å². The van der Waals surface area contributed by atoms with Crippen molar-refractivity contribution in [2.24, 2.45) is 0 Å². The molecule has 0 aliphatic carbocycles. The minimum atomic E-state index is -0.519. The van der Waals surface area contributed by atoms with Crippen LogP contribution in [-0.2, 0) is 27.1 Å². The number of benzene rings is 14. The average molecular weight is 1410 g/mol. The van der Waals surface area contributed by atoms with Gasteiger partial charge < -0.3 is 14.4 Å². The number of fused-ring (bicyclic) bond motifs is 7. The highest BCUT2D eigenvalue weighted by Gasteiger charge is 2.47. The third-order valence-electron chi connectivity index (χ3n) is 22.4. The third-order valence-corrected chi connectivity index (χ3v) is 22.4. The molecular weight excluding hydrogens is 1300 g/mol. The summed E-state index contributed by atoms with van der Waals surface area (Å²) in [7, 11) is 0. The molecule has 15 aromatic rings. The van der Waals surface area contributed by atoms with E-state index in [4.69, 9.17) is 0 Å². The zero-order chi connectivity index (χ0) is 81.9. The second-order valence-corrected chi connectivity index (χ2v) is 34.8. The topological polar surface area (TPSA) is 11.4 Å². The van der Waals surface area contributed by atoms with Gasteiger partial charge >= 0.3 is 0 Å². The first-order chi connectivity index (χ1) is 55.0. The van der Waals surface area contributed by atoms with Gasteiger partial charge in [-0.05, 0) is 206 Å². The first-order valence-corrected chi connectivity index (χ1v) is 38.1.